The molecule has 0 bridgehead atoms. The molecule has 0 heterocycles. The average Bonchev–Trinajstić information content (AvgIpc) is 2.54. The highest BCUT2D eigenvalue weighted by Crippen LogP contribution is 2.28. The van der Waals surface area contributed by atoms with Gasteiger partial charge in [0.05, 0.1) is 15.9 Å². The van der Waals surface area contributed by atoms with Crippen molar-refractivity contribution in [3.63, 3.8) is 0 Å². The smallest absolute Gasteiger partial charge is 0.300 e. The highest BCUT2D eigenvalue weighted by Gasteiger charge is 2.19. The lowest BCUT2D eigenvalue weighted by Crippen LogP contribution is -2.33. The van der Waals surface area contributed by atoms with Crippen LogP contribution in [0.1, 0.15) is 0 Å². The van der Waals surface area contributed by atoms with Crippen LogP contribution in [-0.2, 0) is 0 Å². The summed E-state index contributed by atoms with van der Waals surface area (Å²) in [5, 5.41) is 25.3. The summed E-state index contributed by atoms with van der Waals surface area (Å²) in [4.78, 5) is 20.3. The van der Waals surface area contributed by atoms with Crippen molar-refractivity contribution in [1.82, 2.24) is 5.43 Å². The molecule has 0 spiro atoms. The summed E-state index contributed by atoms with van der Waals surface area (Å²) >= 11 is 10.8. The SMILES string of the molecule is O=[N+]([O-])c1ccc(NNC(=S)Nc2ccc(Cl)cc2)c([N+](=O)[O-])c1. The summed E-state index contributed by atoms with van der Waals surface area (Å²) in [5.74, 6) is 0. The molecule has 0 saturated heterocycles. The van der Waals surface area contributed by atoms with Crippen molar-refractivity contribution >= 4 is 51.7 Å². The standard InChI is InChI=1S/C13H10ClN5O4S/c14-8-1-3-9(4-2-8)15-13(24)17-16-11-6-5-10(18(20)21)7-12(11)19(22)23/h1-7,16H,(H2,15,17,24). The Morgan fingerprint density at radius 1 is 1.04 bits per heavy atom. The van der Waals surface area contributed by atoms with Crippen molar-refractivity contribution in [3.05, 3.63) is 67.7 Å². The number of nitrogens with one attached hydrogen (secondary N) is 3. The Morgan fingerprint density at radius 2 is 1.71 bits per heavy atom. The van der Waals surface area contributed by atoms with Gasteiger partial charge in [-0.05, 0) is 42.5 Å². The summed E-state index contributed by atoms with van der Waals surface area (Å²) < 4.78 is 0. The van der Waals surface area contributed by atoms with Gasteiger partial charge in [-0.25, -0.2) is 0 Å². The van der Waals surface area contributed by atoms with Crippen molar-refractivity contribution in [1.29, 1.82) is 0 Å². The monoisotopic (exact) mass is 367 g/mol. The third-order valence-corrected chi connectivity index (χ3v) is 3.26. The average molecular weight is 368 g/mol. The molecule has 0 unspecified atom stereocenters. The summed E-state index contributed by atoms with van der Waals surface area (Å²) in [6.45, 7) is 0. The molecule has 2 aromatic carbocycles. The predicted octanol–water partition coefficient (Wildman–Crippen LogP) is 3.47. The predicted molar refractivity (Wildman–Crippen MR) is 94.2 cm³/mol. The number of thiocarbonyl (C=S) groups is 1. The van der Waals surface area contributed by atoms with Gasteiger partial charge < -0.3 is 5.32 Å². The van der Waals surface area contributed by atoms with E-state index in [9.17, 15) is 20.2 Å². The summed E-state index contributed by atoms with van der Waals surface area (Å²) in [5.41, 5.74) is 4.98. The van der Waals surface area contributed by atoms with Crippen LogP contribution in [0.4, 0.5) is 22.7 Å². The fourth-order valence-electron chi connectivity index (χ4n) is 1.71. The molecule has 0 fully saturated rings. The lowest BCUT2D eigenvalue weighted by Gasteiger charge is -2.12. The van der Waals surface area contributed by atoms with Gasteiger partial charge in [0.2, 0.25) is 0 Å². The van der Waals surface area contributed by atoms with Crippen molar-refractivity contribution < 1.29 is 9.85 Å². The highest BCUT2D eigenvalue weighted by molar-refractivity contribution is 7.80. The fourth-order valence-corrected chi connectivity index (χ4v) is 2.00. The number of hydrogen-bond acceptors (Lipinski definition) is 6. The van der Waals surface area contributed by atoms with Crippen LogP contribution >= 0.6 is 23.8 Å². The van der Waals surface area contributed by atoms with Crippen molar-refractivity contribution in [2.45, 2.75) is 0 Å². The molecule has 0 saturated carbocycles. The van der Waals surface area contributed by atoms with E-state index in [2.05, 4.69) is 16.2 Å². The molecular weight excluding hydrogens is 358 g/mol. The maximum atomic E-state index is 11.0. The lowest BCUT2D eigenvalue weighted by atomic mass is 10.2. The Bertz CT molecular complexity index is 799. The highest BCUT2D eigenvalue weighted by atomic mass is 35.5. The molecule has 9 nitrogen and oxygen atoms in total. The number of hydrogen-bond donors (Lipinski definition) is 3. The molecule has 2 aromatic rings. The second kappa shape index (κ2) is 7.53. The largest absolute Gasteiger partial charge is 0.331 e. The number of hydrazine groups is 1. The quantitative estimate of drug-likeness (QED) is 0.417. The van der Waals surface area contributed by atoms with Crippen LogP contribution in [0.15, 0.2) is 42.5 Å². The molecule has 0 aromatic heterocycles. The Balaban J connectivity index is 2.05. The van der Waals surface area contributed by atoms with Gasteiger partial charge in [0.25, 0.3) is 5.69 Å². The number of nitro groups is 2. The first-order chi connectivity index (χ1) is 11.4. The van der Waals surface area contributed by atoms with Gasteiger partial charge in [-0.2, -0.15) is 0 Å². The fraction of sp³-hybridized carbons (Fsp3) is 0. The minimum Gasteiger partial charge on any atom is -0.331 e. The summed E-state index contributed by atoms with van der Waals surface area (Å²) in [7, 11) is 0. The number of rotatable bonds is 5. The van der Waals surface area contributed by atoms with E-state index < -0.39 is 15.5 Å². The summed E-state index contributed by atoms with van der Waals surface area (Å²) in [6.07, 6.45) is 0. The van der Waals surface area contributed by atoms with E-state index in [4.69, 9.17) is 23.8 Å². The Morgan fingerprint density at radius 3 is 2.29 bits per heavy atom. The van der Waals surface area contributed by atoms with Gasteiger partial charge >= 0.3 is 5.69 Å². The van der Waals surface area contributed by atoms with Crippen molar-refractivity contribution in [2.24, 2.45) is 0 Å². The molecule has 2 rings (SSSR count). The van der Waals surface area contributed by atoms with Crippen LogP contribution < -0.4 is 16.2 Å². The number of nitrogens with zero attached hydrogens (tertiary/aromatic N) is 2. The molecule has 11 heteroatoms. The second-order valence-electron chi connectivity index (χ2n) is 4.43. The molecule has 3 N–H and O–H groups in total. The molecule has 0 aliphatic carbocycles. The molecule has 124 valence electrons. The van der Waals surface area contributed by atoms with Crippen LogP contribution in [0.5, 0.6) is 0 Å². The molecule has 0 atom stereocenters. The molecule has 0 radical (unpaired) electrons. The molecule has 0 amide bonds. The van der Waals surface area contributed by atoms with E-state index in [0.29, 0.717) is 10.7 Å². The Hall–Kier alpha value is -2.98. The Kier molecular flexibility index (Phi) is 5.45. The van der Waals surface area contributed by atoms with Crippen LogP contribution in [0.25, 0.3) is 0 Å². The van der Waals surface area contributed by atoms with E-state index >= 15 is 0 Å². The number of halogens is 1. The summed E-state index contributed by atoms with van der Waals surface area (Å²) in [6, 6.07) is 9.96. The molecule has 24 heavy (non-hydrogen) atoms. The number of benzene rings is 2. The first-order valence-electron chi connectivity index (χ1n) is 6.38. The molecule has 0 aliphatic rings. The zero-order valence-corrected chi connectivity index (χ0v) is 13.4. The van der Waals surface area contributed by atoms with Crippen LogP contribution in [0, 0.1) is 20.2 Å². The topological polar surface area (TPSA) is 122 Å². The number of nitro benzene ring substituents is 2. The first-order valence-corrected chi connectivity index (χ1v) is 7.17. The van der Waals surface area contributed by atoms with E-state index in [1.807, 2.05) is 0 Å². The zero-order valence-electron chi connectivity index (χ0n) is 11.9. The number of non-ortho nitro benzene ring substituents is 1. The molecular formula is C13H10ClN5O4S. The second-order valence-corrected chi connectivity index (χ2v) is 5.27. The van der Waals surface area contributed by atoms with E-state index in [1.54, 1.807) is 24.3 Å². The van der Waals surface area contributed by atoms with Gasteiger partial charge in [0.1, 0.15) is 5.69 Å². The van der Waals surface area contributed by atoms with Gasteiger partial charge in [0, 0.05) is 16.8 Å². The Labute approximate surface area is 145 Å². The van der Waals surface area contributed by atoms with Crippen LogP contribution in [0.3, 0.4) is 0 Å². The lowest BCUT2D eigenvalue weighted by molar-refractivity contribution is -0.393. The number of anilines is 2. The minimum absolute atomic E-state index is 0.0332. The van der Waals surface area contributed by atoms with E-state index in [1.165, 1.54) is 6.07 Å². The van der Waals surface area contributed by atoms with Crippen molar-refractivity contribution in [2.75, 3.05) is 10.7 Å². The maximum Gasteiger partial charge on any atom is 0.300 e. The van der Waals surface area contributed by atoms with Crippen LogP contribution in [-0.4, -0.2) is 15.0 Å². The van der Waals surface area contributed by atoms with Gasteiger partial charge in [-0.1, -0.05) is 11.6 Å². The van der Waals surface area contributed by atoms with E-state index in [-0.39, 0.29) is 16.5 Å². The minimum atomic E-state index is -0.729. The van der Waals surface area contributed by atoms with E-state index in [0.717, 1.165) is 12.1 Å². The van der Waals surface area contributed by atoms with Gasteiger partial charge in [0.15, 0.2) is 5.11 Å². The molecule has 0 aliphatic heterocycles. The van der Waals surface area contributed by atoms with Crippen LogP contribution in [0.2, 0.25) is 5.02 Å². The van der Waals surface area contributed by atoms with Crippen molar-refractivity contribution in [3.8, 4) is 0 Å². The zero-order chi connectivity index (χ0) is 17.7. The van der Waals surface area contributed by atoms with Gasteiger partial charge in [-0.3, -0.25) is 31.1 Å². The first kappa shape index (κ1) is 17.4. The third-order valence-electron chi connectivity index (χ3n) is 2.80. The maximum absolute atomic E-state index is 11.0. The van der Waals surface area contributed by atoms with Gasteiger partial charge in [-0.15, -0.1) is 0 Å². The normalized spacial score (nSPS) is 9.88. The third kappa shape index (κ3) is 4.51.